The molecule has 204 valence electrons. The van der Waals surface area contributed by atoms with E-state index in [9.17, 15) is 9.59 Å². The molecule has 3 aromatic rings. The first-order chi connectivity index (χ1) is 19.0. The summed E-state index contributed by atoms with van der Waals surface area (Å²) in [5.41, 5.74) is 14.6. The van der Waals surface area contributed by atoms with E-state index >= 15 is 0 Å². The molecular formula is C34H41N3O2. The van der Waals surface area contributed by atoms with Crippen LogP contribution in [0.15, 0.2) is 66.7 Å². The molecule has 0 spiro atoms. The Labute approximate surface area is 232 Å². The smallest absolute Gasteiger partial charge is 0.251 e. The Morgan fingerprint density at radius 1 is 0.821 bits per heavy atom. The number of hydrogen-bond donors (Lipinski definition) is 3. The lowest BCUT2D eigenvalue weighted by molar-refractivity contribution is -0.133. The van der Waals surface area contributed by atoms with Gasteiger partial charge in [0.05, 0.1) is 0 Å². The highest BCUT2D eigenvalue weighted by Crippen LogP contribution is 2.35. The maximum atomic E-state index is 12.9. The number of fused-ring (bicyclic) bond motifs is 1. The van der Waals surface area contributed by atoms with Crippen molar-refractivity contribution >= 4 is 11.8 Å². The minimum Gasteiger partial charge on any atom is -0.352 e. The molecule has 1 heterocycles. The zero-order chi connectivity index (χ0) is 27.2. The van der Waals surface area contributed by atoms with Gasteiger partial charge in [0.25, 0.3) is 5.91 Å². The Morgan fingerprint density at radius 3 is 2.33 bits per heavy atom. The van der Waals surface area contributed by atoms with E-state index in [0.717, 1.165) is 50.5 Å². The standard InChI is InChI=1S/C34H41N3O2/c1-23-10-11-27(20-24(23)2)17-16-25-12-14-26(15-13-25)18-19-35-33(38)29-7-5-6-28(21-29)22-32-30-8-3-4-9-31(30)34(39)37-36-32/h5-7,10-15,20-21,30-32,36H,3-4,8-9,16-19,22H2,1-2H3,(H,35,38)(H,37,39). The number of amides is 2. The van der Waals surface area contributed by atoms with Crippen molar-refractivity contribution in [2.24, 2.45) is 11.8 Å². The molecule has 0 bridgehead atoms. The number of hydrogen-bond acceptors (Lipinski definition) is 3. The number of rotatable bonds is 9. The Morgan fingerprint density at radius 2 is 1.54 bits per heavy atom. The number of carbonyl (C=O) groups excluding carboxylic acids is 2. The molecule has 1 aliphatic heterocycles. The van der Waals surface area contributed by atoms with Gasteiger partial charge < -0.3 is 5.32 Å². The molecule has 2 aliphatic rings. The summed E-state index contributed by atoms with van der Waals surface area (Å²) in [6.45, 7) is 4.93. The minimum absolute atomic E-state index is 0.0395. The topological polar surface area (TPSA) is 70.2 Å². The van der Waals surface area contributed by atoms with Gasteiger partial charge in [0.1, 0.15) is 0 Å². The highest BCUT2D eigenvalue weighted by Gasteiger charge is 2.39. The van der Waals surface area contributed by atoms with Gasteiger partial charge in [0.15, 0.2) is 0 Å². The van der Waals surface area contributed by atoms with Crippen LogP contribution < -0.4 is 16.2 Å². The normalized spacial score (nSPS) is 20.7. The van der Waals surface area contributed by atoms with Gasteiger partial charge in [-0.05, 0) is 104 Å². The molecule has 5 nitrogen and oxygen atoms in total. The van der Waals surface area contributed by atoms with Crippen molar-refractivity contribution in [3.05, 3.63) is 106 Å². The Bertz CT molecular complexity index is 1300. The van der Waals surface area contributed by atoms with E-state index < -0.39 is 0 Å². The summed E-state index contributed by atoms with van der Waals surface area (Å²) >= 11 is 0. The summed E-state index contributed by atoms with van der Waals surface area (Å²) in [7, 11) is 0. The van der Waals surface area contributed by atoms with Crippen LogP contribution in [-0.4, -0.2) is 24.4 Å². The quantitative estimate of drug-likeness (QED) is 0.351. The molecule has 3 atom stereocenters. The zero-order valence-corrected chi connectivity index (χ0v) is 23.3. The van der Waals surface area contributed by atoms with E-state index in [1.807, 2.05) is 18.2 Å². The van der Waals surface area contributed by atoms with E-state index in [0.29, 0.717) is 18.0 Å². The van der Waals surface area contributed by atoms with Crippen molar-refractivity contribution in [3.8, 4) is 0 Å². The second-order valence-electron chi connectivity index (χ2n) is 11.4. The molecular weight excluding hydrogens is 482 g/mol. The minimum atomic E-state index is -0.0395. The van der Waals surface area contributed by atoms with Gasteiger partial charge >= 0.3 is 0 Å². The maximum Gasteiger partial charge on any atom is 0.251 e. The molecule has 0 aromatic heterocycles. The molecule has 2 fully saturated rings. The lowest BCUT2D eigenvalue weighted by Gasteiger charge is -2.41. The molecule has 1 saturated carbocycles. The molecule has 1 aliphatic carbocycles. The van der Waals surface area contributed by atoms with Crippen LogP contribution in [0, 0.1) is 25.7 Å². The summed E-state index contributed by atoms with van der Waals surface area (Å²) in [4.78, 5) is 25.2. The monoisotopic (exact) mass is 523 g/mol. The fourth-order valence-electron chi connectivity index (χ4n) is 6.17. The van der Waals surface area contributed by atoms with Crippen molar-refractivity contribution in [2.45, 2.75) is 71.3 Å². The summed E-state index contributed by atoms with van der Waals surface area (Å²) in [5.74, 6) is 0.574. The number of nitrogens with one attached hydrogen (secondary N) is 3. The first-order valence-electron chi connectivity index (χ1n) is 14.5. The number of hydrazine groups is 1. The SMILES string of the molecule is Cc1ccc(CCc2ccc(CCNC(=O)c3cccc(CC4NNC(=O)C5CCCCC45)c3)cc2)cc1C. The molecule has 2 amide bonds. The highest BCUT2D eigenvalue weighted by atomic mass is 16.2. The fourth-order valence-corrected chi connectivity index (χ4v) is 6.17. The third kappa shape index (κ3) is 6.96. The summed E-state index contributed by atoms with van der Waals surface area (Å²) in [6.07, 6.45) is 8.06. The molecule has 3 unspecified atom stereocenters. The zero-order valence-electron chi connectivity index (χ0n) is 23.3. The van der Waals surface area contributed by atoms with E-state index in [2.05, 4.69) is 78.5 Å². The van der Waals surface area contributed by atoms with Crippen LogP contribution in [0.3, 0.4) is 0 Å². The van der Waals surface area contributed by atoms with Crippen molar-refractivity contribution < 1.29 is 9.59 Å². The third-order valence-corrected chi connectivity index (χ3v) is 8.69. The van der Waals surface area contributed by atoms with Crippen molar-refractivity contribution in [1.29, 1.82) is 0 Å². The highest BCUT2D eigenvalue weighted by molar-refractivity contribution is 5.94. The van der Waals surface area contributed by atoms with Gasteiger partial charge in [-0.2, -0.15) is 0 Å². The maximum absolute atomic E-state index is 12.9. The first-order valence-corrected chi connectivity index (χ1v) is 14.5. The summed E-state index contributed by atoms with van der Waals surface area (Å²) in [6, 6.07) is 23.6. The largest absolute Gasteiger partial charge is 0.352 e. The van der Waals surface area contributed by atoms with E-state index in [1.165, 1.54) is 34.2 Å². The molecule has 5 heteroatoms. The third-order valence-electron chi connectivity index (χ3n) is 8.69. The predicted octanol–water partition coefficient (Wildman–Crippen LogP) is 5.41. The average molecular weight is 524 g/mol. The van der Waals surface area contributed by atoms with Gasteiger partial charge in [0.2, 0.25) is 5.91 Å². The summed E-state index contributed by atoms with van der Waals surface area (Å²) < 4.78 is 0. The van der Waals surface area contributed by atoms with Gasteiger partial charge in [-0.25, -0.2) is 5.43 Å². The van der Waals surface area contributed by atoms with Crippen molar-refractivity contribution in [1.82, 2.24) is 16.2 Å². The van der Waals surface area contributed by atoms with E-state index in [-0.39, 0.29) is 23.8 Å². The Balaban J connectivity index is 1.09. The number of carbonyl (C=O) groups is 2. The molecule has 39 heavy (non-hydrogen) atoms. The first kappa shape index (κ1) is 27.1. The fraction of sp³-hybridized carbons (Fsp3) is 0.412. The molecule has 3 aromatic carbocycles. The van der Waals surface area contributed by atoms with Crippen molar-refractivity contribution in [2.75, 3.05) is 6.54 Å². The van der Waals surface area contributed by atoms with E-state index in [4.69, 9.17) is 0 Å². The van der Waals surface area contributed by atoms with Gasteiger partial charge in [-0.3, -0.25) is 15.0 Å². The summed E-state index contributed by atoms with van der Waals surface area (Å²) in [5, 5.41) is 3.09. The second kappa shape index (κ2) is 12.6. The molecule has 0 radical (unpaired) electrons. The van der Waals surface area contributed by atoms with Crippen LogP contribution in [0.2, 0.25) is 0 Å². The van der Waals surface area contributed by atoms with Gasteiger partial charge in [-0.15, -0.1) is 0 Å². The van der Waals surface area contributed by atoms with Crippen molar-refractivity contribution in [3.63, 3.8) is 0 Å². The second-order valence-corrected chi connectivity index (χ2v) is 11.4. The Kier molecular flexibility index (Phi) is 8.77. The van der Waals surface area contributed by atoms with Gasteiger partial charge in [0, 0.05) is 24.1 Å². The van der Waals surface area contributed by atoms with Crippen LogP contribution >= 0.6 is 0 Å². The molecule has 3 N–H and O–H groups in total. The van der Waals surface area contributed by atoms with Crippen LogP contribution in [0.1, 0.15) is 69.4 Å². The lowest BCUT2D eigenvalue weighted by Crippen LogP contribution is -2.60. The number of benzene rings is 3. The molecule has 5 rings (SSSR count). The van der Waals surface area contributed by atoms with Crippen LogP contribution in [0.25, 0.3) is 0 Å². The van der Waals surface area contributed by atoms with Crippen LogP contribution in [0.5, 0.6) is 0 Å². The lowest BCUT2D eigenvalue weighted by atomic mass is 9.72. The van der Waals surface area contributed by atoms with Crippen LogP contribution in [-0.2, 0) is 30.5 Å². The van der Waals surface area contributed by atoms with E-state index in [1.54, 1.807) is 0 Å². The predicted molar refractivity (Wildman–Crippen MR) is 156 cm³/mol. The average Bonchev–Trinajstić information content (AvgIpc) is 2.96. The number of aryl methyl sites for hydroxylation is 4. The molecule has 1 saturated heterocycles. The Hall–Kier alpha value is -3.44. The van der Waals surface area contributed by atoms with Crippen LogP contribution in [0.4, 0.5) is 0 Å². The van der Waals surface area contributed by atoms with Gasteiger partial charge in [-0.1, -0.05) is 67.4 Å².